The van der Waals surface area contributed by atoms with Crippen molar-refractivity contribution in [3.8, 4) is 0 Å². The summed E-state index contributed by atoms with van der Waals surface area (Å²) in [4.78, 5) is 48.4. The first-order valence-corrected chi connectivity index (χ1v) is 20.8. The van der Waals surface area contributed by atoms with Gasteiger partial charge in [-0.05, 0) is 105 Å². The number of carbonyl (C=O) groups is 3. The van der Waals surface area contributed by atoms with Crippen molar-refractivity contribution in [3.05, 3.63) is 97.4 Å². The number of aromatic amines is 2. The van der Waals surface area contributed by atoms with E-state index in [0.29, 0.717) is 23.3 Å². The third-order valence-corrected chi connectivity index (χ3v) is 12.8. The van der Waals surface area contributed by atoms with Crippen molar-refractivity contribution in [1.82, 2.24) is 20.6 Å². The van der Waals surface area contributed by atoms with Gasteiger partial charge in [0.1, 0.15) is 12.5 Å². The van der Waals surface area contributed by atoms with Crippen molar-refractivity contribution < 1.29 is 23.9 Å². The fourth-order valence-electron chi connectivity index (χ4n) is 9.43. The molecule has 0 spiro atoms. The van der Waals surface area contributed by atoms with Gasteiger partial charge in [0.05, 0.1) is 12.8 Å². The summed E-state index contributed by atoms with van der Waals surface area (Å²) in [6.07, 6.45) is 17.8. The molecule has 0 saturated carbocycles. The Morgan fingerprint density at radius 3 is 2.50 bits per heavy atom. The summed E-state index contributed by atoms with van der Waals surface area (Å²) >= 11 is 0. The standard InChI is InChI=1S/C47H62N4O5/c1-11-15-25(4)16-14-17-26(5)20-21-56-40(52)19-18-33-29(8)36-22-34-27(6)31(12-2)38(48-34)23-35-28(7)32(13-3)39(49-35)24-37-30(9)41-45(51-37)42(44(33)50-36)43(46(41)53)47(54)55-10/h12,20,22-25,27,29,33,36,43,48-51H,2,11,13-19,21H2,1,3-10H3/b26-20+,34-22-,35-23-,39-24-,44-42-/t25-,27?,29+,33+,36?,43-/m1/s1. The summed E-state index contributed by atoms with van der Waals surface area (Å²) in [5, 5.41) is 9.48. The molecule has 0 amide bonds. The van der Waals surface area contributed by atoms with Gasteiger partial charge in [0.15, 0.2) is 5.78 Å². The molecule has 8 bridgehead atoms. The largest absolute Gasteiger partial charge is 0.468 e. The molecule has 1 saturated heterocycles. The molecule has 2 aromatic rings. The maximum atomic E-state index is 14.3. The molecule has 4 aliphatic rings. The van der Waals surface area contributed by atoms with Gasteiger partial charge in [0.25, 0.3) is 0 Å². The van der Waals surface area contributed by atoms with E-state index in [1.165, 1.54) is 43.1 Å². The predicted octanol–water partition coefficient (Wildman–Crippen LogP) is 7.51. The highest BCUT2D eigenvalue weighted by atomic mass is 16.5. The number of H-pyrrole nitrogens is 2. The molecule has 0 radical (unpaired) electrons. The summed E-state index contributed by atoms with van der Waals surface area (Å²) in [7, 11) is 1.33. The molecule has 2 aromatic heterocycles. The molecule has 1 aliphatic carbocycles. The summed E-state index contributed by atoms with van der Waals surface area (Å²) in [5.41, 5.74) is 10.9. The number of methoxy groups -OCH3 is 1. The Morgan fingerprint density at radius 2 is 1.80 bits per heavy atom. The molecule has 300 valence electrons. The van der Waals surface area contributed by atoms with E-state index < -0.39 is 11.9 Å². The van der Waals surface area contributed by atoms with Gasteiger partial charge in [0, 0.05) is 68.9 Å². The van der Waals surface area contributed by atoms with Crippen LogP contribution in [0, 0.1) is 43.4 Å². The van der Waals surface area contributed by atoms with Crippen molar-refractivity contribution in [2.24, 2.45) is 29.6 Å². The van der Waals surface area contributed by atoms with Crippen LogP contribution in [-0.4, -0.2) is 47.4 Å². The monoisotopic (exact) mass is 762 g/mol. The van der Waals surface area contributed by atoms with Crippen LogP contribution in [0.4, 0.5) is 0 Å². The Labute approximate surface area is 332 Å². The van der Waals surface area contributed by atoms with Crippen LogP contribution in [0.25, 0.3) is 17.7 Å². The van der Waals surface area contributed by atoms with Crippen molar-refractivity contribution in [3.63, 3.8) is 0 Å². The Morgan fingerprint density at radius 1 is 1.04 bits per heavy atom. The lowest BCUT2D eigenvalue weighted by atomic mass is 9.83. The molecular weight excluding hydrogens is 701 g/mol. The van der Waals surface area contributed by atoms with Crippen molar-refractivity contribution >= 4 is 35.4 Å². The minimum absolute atomic E-state index is 0.0133. The van der Waals surface area contributed by atoms with Crippen molar-refractivity contribution in [2.45, 2.75) is 113 Å². The Bertz CT molecular complexity index is 2160. The minimum atomic E-state index is -1.12. The number of nitrogens with one attached hydrogen (secondary N) is 4. The van der Waals surface area contributed by atoms with Crippen LogP contribution in [0.15, 0.2) is 53.0 Å². The lowest BCUT2D eigenvalue weighted by molar-refractivity contribution is -0.143. The average Bonchev–Trinajstić information content (AvgIpc) is 3.91. The zero-order valence-electron chi connectivity index (χ0n) is 35.0. The highest BCUT2D eigenvalue weighted by molar-refractivity contribution is 6.24. The van der Waals surface area contributed by atoms with E-state index in [2.05, 4.69) is 93.9 Å². The average molecular weight is 763 g/mol. The molecule has 6 rings (SSSR count). The second-order valence-electron chi connectivity index (χ2n) is 16.5. The minimum Gasteiger partial charge on any atom is -0.468 e. The predicted molar refractivity (Wildman–Crippen MR) is 224 cm³/mol. The number of Topliss-reactive ketones (excluding diaryl/α,β-unsaturated/α-hetero) is 1. The molecule has 2 unspecified atom stereocenters. The third-order valence-electron chi connectivity index (χ3n) is 12.8. The van der Waals surface area contributed by atoms with Crippen LogP contribution in [-0.2, 0) is 25.5 Å². The van der Waals surface area contributed by atoms with Gasteiger partial charge < -0.3 is 30.1 Å². The van der Waals surface area contributed by atoms with Crippen LogP contribution in [0.2, 0.25) is 0 Å². The SMILES string of the molecule is C=CC1=C2/C=c3\[nH]/c(c(CC)c3C)=C\c3[nH]c4c(c3C)C(=O)[C@H](C(=O)OC)/C4=C3/NC(/C=C(\N2)C1C)[C@@H](C)[C@@H]3CCC(=O)OC/C=C(\C)CCC[C@H](C)CCC. The first-order valence-electron chi connectivity index (χ1n) is 20.8. The first kappa shape index (κ1) is 40.9. The van der Waals surface area contributed by atoms with E-state index >= 15 is 0 Å². The number of allylic oxidation sites excluding steroid dienone is 5. The topological polar surface area (TPSA) is 125 Å². The van der Waals surface area contributed by atoms with E-state index in [9.17, 15) is 14.4 Å². The highest BCUT2D eigenvalue weighted by Crippen LogP contribution is 2.48. The fourth-order valence-corrected chi connectivity index (χ4v) is 9.43. The second kappa shape index (κ2) is 17.1. The molecule has 9 nitrogen and oxygen atoms in total. The maximum absolute atomic E-state index is 14.3. The van der Waals surface area contributed by atoms with Gasteiger partial charge in [-0.25, -0.2) is 0 Å². The lowest BCUT2D eigenvalue weighted by Crippen LogP contribution is -2.27. The summed E-state index contributed by atoms with van der Waals surface area (Å²) < 4.78 is 11.0. The molecule has 3 aliphatic heterocycles. The van der Waals surface area contributed by atoms with Gasteiger partial charge in [-0.15, -0.1) is 0 Å². The molecule has 1 fully saturated rings. The van der Waals surface area contributed by atoms with Gasteiger partial charge in [-0.2, -0.15) is 0 Å². The smallest absolute Gasteiger partial charge is 0.321 e. The van der Waals surface area contributed by atoms with E-state index in [0.717, 1.165) is 69.8 Å². The maximum Gasteiger partial charge on any atom is 0.321 e. The second-order valence-corrected chi connectivity index (χ2v) is 16.5. The van der Waals surface area contributed by atoms with E-state index in [1.54, 1.807) is 0 Å². The van der Waals surface area contributed by atoms with Crippen LogP contribution in [0.5, 0.6) is 0 Å². The lowest BCUT2D eigenvalue weighted by Gasteiger charge is -2.20. The zero-order chi connectivity index (χ0) is 40.4. The molecule has 56 heavy (non-hydrogen) atoms. The van der Waals surface area contributed by atoms with Crippen LogP contribution >= 0.6 is 0 Å². The van der Waals surface area contributed by atoms with Gasteiger partial charge in [-0.1, -0.05) is 72.1 Å². The Kier molecular flexibility index (Phi) is 12.5. The molecule has 5 heterocycles. The third kappa shape index (κ3) is 7.78. The van der Waals surface area contributed by atoms with Crippen molar-refractivity contribution in [2.75, 3.05) is 13.7 Å². The van der Waals surface area contributed by atoms with E-state index in [-0.39, 0.29) is 48.6 Å². The quantitative estimate of drug-likeness (QED) is 0.0893. The molecule has 6 atom stereocenters. The fraction of sp³-hybridized carbons (Fsp3) is 0.511. The van der Waals surface area contributed by atoms with Gasteiger partial charge in [0.2, 0.25) is 0 Å². The molecule has 9 heteroatoms. The number of aromatic nitrogens is 2. The normalized spacial score (nSPS) is 26.7. The van der Waals surface area contributed by atoms with Crippen LogP contribution in [0.1, 0.15) is 125 Å². The van der Waals surface area contributed by atoms with Crippen LogP contribution < -0.4 is 21.3 Å². The van der Waals surface area contributed by atoms with Crippen LogP contribution in [0.3, 0.4) is 0 Å². The molecule has 4 N–H and O–H groups in total. The highest BCUT2D eigenvalue weighted by Gasteiger charge is 2.49. The summed E-state index contributed by atoms with van der Waals surface area (Å²) in [6.45, 7) is 21.7. The Balaban J connectivity index is 1.39. The number of rotatable bonds is 14. The van der Waals surface area contributed by atoms with Crippen molar-refractivity contribution in [1.29, 1.82) is 0 Å². The summed E-state index contributed by atoms with van der Waals surface area (Å²) in [5.74, 6) is -1.61. The number of hydrogen-bond acceptors (Lipinski definition) is 7. The number of ketones is 1. The molecule has 0 aromatic carbocycles. The zero-order valence-corrected chi connectivity index (χ0v) is 35.0. The summed E-state index contributed by atoms with van der Waals surface area (Å²) in [6, 6.07) is -0.155. The number of esters is 2. The van der Waals surface area contributed by atoms with E-state index in [1.807, 2.05) is 19.1 Å². The first-order chi connectivity index (χ1) is 26.8. The molecular formula is C47H62N4O5. The Hall–Kier alpha value is -4.79. The van der Waals surface area contributed by atoms with Gasteiger partial charge in [-0.3, -0.25) is 14.4 Å². The van der Waals surface area contributed by atoms with E-state index in [4.69, 9.17) is 9.47 Å². The number of carbonyl (C=O) groups excluding carboxylic acids is 3. The van der Waals surface area contributed by atoms with Gasteiger partial charge >= 0.3 is 11.9 Å². The number of ether oxygens (including phenoxy) is 2. The number of hydrogen-bond donors (Lipinski definition) is 4. The number of fused-ring (bicyclic) bond motifs is 7.